The number of nitrogens with zero attached hydrogens (tertiary/aromatic N) is 1. The molecule has 0 aliphatic heterocycles. The van der Waals surface area contributed by atoms with E-state index >= 15 is 0 Å². The van der Waals surface area contributed by atoms with E-state index in [1.165, 1.54) is 6.07 Å². The van der Waals surface area contributed by atoms with E-state index in [0.29, 0.717) is 5.69 Å². The number of nitrogens with two attached hydrogens (primary N) is 1. The average Bonchev–Trinajstić information content (AvgIpc) is 2.47. The summed E-state index contributed by atoms with van der Waals surface area (Å²) < 4.78 is 13.9. The van der Waals surface area contributed by atoms with Gasteiger partial charge in [-0.3, -0.25) is 0 Å². The third kappa shape index (κ3) is 3.17. The van der Waals surface area contributed by atoms with E-state index in [0.717, 1.165) is 24.1 Å². The molecule has 1 unspecified atom stereocenters. The van der Waals surface area contributed by atoms with Crippen molar-refractivity contribution in [1.82, 2.24) is 0 Å². The van der Waals surface area contributed by atoms with E-state index < -0.39 is 0 Å². The molecular formula is C17H21FN2. The first kappa shape index (κ1) is 14.5. The molecular weight excluding hydrogens is 251 g/mol. The Bertz CT molecular complexity index is 568. The first-order valence-corrected chi connectivity index (χ1v) is 6.95. The molecule has 0 heterocycles. The molecule has 2 aromatic carbocycles. The molecule has 0 aliphatic carbocycles. The van der Waals surface area contributed by atoms with Gasteiger partial charge in [0.05, 0.1) is 5.69 Å². The fraction of sp³-hybridized carbons (Fsp3) is 0.294. The summed E-state index contributed by atoms with van der Waals surface area (Å²) in [5.41, 5.74) is 8.77. The monoisotopic (exact) mass is 272 g/mol. The van der Waals surface area contributed by atoms with Gasteiger partial charge in [-0.25, -0.2) is 4.39 Å². The minimum Gasteiger partial charge on any atom is -0.342 e. The predicted molar refractivity (Wildman–Crippen MR) is 82.9 cm³/mol. The molecule has 106 valence electrons. The third-order valence-electron chi connectivity index (χ3n) is 3.57. The molecule has 1 atom stereocenters. The van der Waals surface area contributed by atoms with Gasteiger partial charge in [0.1, 0.15) is 5.82 Å². The Kier molecular flexibility index (Phi) is 4.74. The Morgan fingerprint density at radius 1 is 1.05 bits per heavy atom. The number of para-hydroxylation sites is 2. The summed E-state index contributed by atoms with van der Waals surface area (Å²) in [5, 5.41) is 0. The molecule has 2 nitrogen and oxygen atoms in total. The van der Waals surface area contributed by atoms with Crippen LogP contribution in [0.2, 0.25) is 0 Å². The topological polar surface area (TPSA) is 29.3 Å². The fourth-order valence-corrected chi connectivity index (χ4v) is 2.29. The number of hydrogen-bond donors (Lipinski definition) is 1. The molecule has 0 saturated carbocycles. The van der Waals surface area contributed by atoms with Gasteiger partial charge in [-0.2, -0.15) is 0 Å². The molecule has 0 saturated heterocycles. The van der Waals surface area contributed by atoms with E-state index in [-0.39, 0.29) is 11.9 Å². The molecule has 2 rings (SSSR count). The second kappa shape index (κ2) is 6.53. The lowest BCUT2D eigenvalue weighted by Crippen LogP contribution is -2.23. The van der Waals surface area contributed by atoms with Gasteiger partial charge in [-0.1, -0.05) is 37.3 Å². The second-order valence-corrected chi connectivity index (χ2v) is 5.01. The predicted octanol–water partition coefficient (Wildman–Crippen LogP) is 3.87. The molecule has 0 aliphatic rings. The van der Waals surface area contributed by atoms with Crippen molar-refractivity contribution in [1.29, 1.82) is 0 Å². The maximum Gasteiger partial charge on any atom is 0.146 e. The highest BCUT2D eigenvalue weighted by molar-refractivity contribution is 5.66. The van der Waals surface area contributed by atoms with Crippen molar-refractivity contribution in [2.75, 3.05) is 11.9 Å². The van der Waals surface area contributed by atoms with Gasteiger partial charge in [0.15, 0.2) is 0 Å². The van der Waals surface area contributed by atoms with Crippen LogP contribution in [0.25, 0.3) is 0 Å². The van der Waals surface area contributed by atoms with Crippen LogP contribution in [0.1, 0.15) is 18.9 Å². The van der Waals surface area contributed by atoms with Gasteiger partial charge < -0.3 is 10.6 Å². The molecule has 0 bridgehead atoms. The van der Waals surface area contributed by atoms with Crippen LogP contribution >= 0.6 is 0 Å². The molecule has 0 fully saturated rings. The zero-order valence-corrected chi connectivity index (χ0v) is 12.0. The highest BCUT2D eigenvalue weighted by Gasteiger charge is 2.13. The van der Waals surface area contributed by atoms with Crippen molar-refractivity contribution in [3.05, 3.63) is 59.9 Å². The summed E-state index contributed by atoms with van der Waals surface area (Å²) in [5.74, 6) is -0.218. The lowest BCUT2D eigenvalue weighted by molar-refractivity contribution is 0.626. The summed E-state index contributed by atoms with van der Waals surface area (Å²) >= 11 is 0. The normalized spacial score (nSPS) is 12.2. The van der Waals surface area contributed by atoms with Crippen molar-refractivity contribution in [2.24, 2.45) is 5.73 Å². The Labute approximate surface area is 120 Å². The zero-order valence-electron chi connectivity index (χ0n) is 12.0. The quantitative estimate of drug-likeness (QED) is 0.895. The van der Waals surface area contributed by atoms with Crippen LogP contribution in [0.15, 0.2) is 48.5 Å². The van der Waals surface area contributed by atoms with E-state index in [1.807, 2.05) is 36.2 Å². The zero-order chi connectivity index (χ0) is 14.5. The highest BCUT2D eigenvalue weighted by Crippen LogP contribution is 2.29. The lowest BCUT2D eigenvalue weighted by atomic mass is 10.0. The summed E-state index contributed by atoms with van der Waals surface area (Å²) in [6.45, 7) is 2.08. The van der Waals surface area contributed by atoms with E-state index in [9.17, 15) is 4.39 Å². The average molecular weight is 272 g/mol. The highest BCUT2D eigenvalue weighted by atomic mass is 19.1. The molecule has 3 heteroatoms. The summed E-state index contributed by atoms with van der Waals surface area (Å²) in [4.78, 5) is 1.88. The molecule has 20 heavy (non-hydrogen) atoms. The van der Waals surface area contributed by atoms with Crippen LogP contribution in [-0.4, -0.2) is 13.1 Å². The lowest BCUT2D eigenvalue weighted by Gasteiger charge is -2.24. The van der Waals surface area contributed by atoms with Gasteiger partial charge in [-0.15, -0.1) is 0 Å². The SMILES string of the molecule is CCC(N)Cc1ccccc1N(C)c1ccccc1F. The van der Waals surface area contributed by atoms with E-state index in [1.54, 1.807) is 12.1 Å². The van der Waals surface area contributed by atoms with Gasteiger partial charge in [0, 0.05) is 18.8 Å². The standard InChI is InChI=1S/C17H21FN2/c1-3-14(19)12-13-8-4-6-10-16(13)20(2)17-11-7-5-9-15(17)18/h4-11,14H,3,12,19H2,1-2H3. The molecule has 2 N–H and O–H groups in total. The Hall–Kier alpha value is -1.87. The second-order valence-electron chi connectivity index (χ2n) is 5.01. The van der Waals surface area contributed by atoms with E-state index in [2.05, 4.69) is 13.0 Å². The van der Waals surface area contributed by atoms with E-state index in [4.69, 9.17) is 5.73 Å². The van der Waals surface area contributed by atoms with Crippen LogP contribution in [0.5, 0.6) is 0 Å². The number of rotatable bonds is 5. The van der Waals surface area contributed by atoms with Gasteiger partial charge >= 0.3 is 0 Å². The summed E-state index contributed by atoms with van der Waals surface area (Å²) in [6.07, 6.45) is 1.73. The van der Waals surface area contributed by atoms with Crippen molar-refractivity contribution < 1.29 is 4.39 Å². The first-order valence-electron chi connectivity index (χ1n) is 6.95. The largest absolute Gasteiger partial charge is 0.342 e. The van der Waals surface area contributed by atoms with Crippen LogP contribution in [-0.2, 0) is 6.42 Å². The number of halogens is 1. The number of benzene rings is 2. The maximum atomic E-state index is 13.9. The number of anilines is 2. The Balaban J connectivity index is 2.35. The fourth-order valence-electron chi connectivity index (χ4n) is 2.29. The maximum absolute atomic E-state index is 13.9. The first-order chi connectivity index (χ1) is 9.63. The smallest absolute Gasteiger partial charge is 0.146 e. The minimum atomic E-state index is -0.218. The van der Waals surface area contributed by atoms with Crippen molar-refractivity contribution in [3.63, 3.8) is 0 Å². The van der Waals surface area contributed by atoms with Crippen LogP contribution in [0.3, 0.4) is 0 Å². The Morgan fingerprint density at radius 3 is 2.30 bits per heavy atom. The molecule has 0 spiro atoms. The van der Waals surface area contributed by atoms with Crippen molar-refractivity contribution in [2.45, 2.75) is 25.8 Å². The van der Waals surface area contributed by atoms with Crippen LogP contribution in [0, 0.1) is 5.82 Å². The summed E-state index contributed by atoms with van der Waals surface area (Å²) in [6, 6.07) is 15.0. The van der Waals surface area contributed by atoms with Crippen molar-refractivity contribution in [3.8, 4) is 0 Å². The third-order valence-corrected chi connectivity index (χ3v) is 3.57. The molecule has 2 aromatic rings. The molecule has 0 amide bonds. The van der Waals surface area contributed by atoms with Gasteiger partial charge in [-0.05, 0) is 36.6 Å². The molecule has 0 radical (unpaired) electrons. The summed E-state index contributed by atoms with van der Waals surface area (Å²) in [7, 11) is 1.88. The number of hydrogen-bond acceptors (Lipinski definition) is 2. The van der Waals surface area contributed by atoms with Gasteiger partial charge in [0.2, 0.25) is 0 Å². The molecule has 0 aromatic heterocycles. The minimum absolute atomic E-state index is 0.130. The van der Waals surface area contributed by atoms with Crippen LogP contribution in [0.4, 0.5) is 15.8 Å². The Morgan fingerprint density at radius 2 is 1.65 bits per heavy atom. The van der Waals surface area contributed by atoms with Gasteiger partial charge in [0.25, 0.3) is 0 Å². The van der Waals surface area contributed by atoms with Crippen molar-refractivity contribution >= 4 is 11.4 Å². The van der Waals surface area contributed by atoms with Crippen LogP contribution < -0.4 is 10.6 Å².